The number of benzene rings is 1. The van der Waals surface area contributed by atoms with Crippen LogP contribution in [0.2, 0.25) is 0 Å². The van der Waals surface area contributed by atoms with E-state index in [2.05, 4.69) is 21.1 Å². The Hall–Kier alpha value is -4.45. The molecule has 1 aliphatic rings. The van der Waals surface area contributed by atoms with Gasteiger partial charge in [0.15, 0.2) is 0 Å². The molecule has 0 spiro atoms. The zero-order chi connectivity index (χ0) is 26.2. The van der Waals surface area contributed by atoms with Gasteiger partial charge in [-0.15, -0.1) is 0 Å². The summed E-state index contributed by atoms with van der Waals surface area (Å²) in [7, 11) is 0. The predicted molar refractivity (Wildman–Crippen MR) is 141 cm³/mol. The molecule has 5 rings (SSSR count). The molecule has 1 fully saturated rings. The number of nitrogen functional groups attached to an aromatic ring is 1. The van der Waals surface area contributed by atoms with Gasteiger partial charge in [-0.1, -0.05) is 6.07 Å². The molecule has 4 aromatic rings. The Bertz CT molecular complexity index is 1510. The lowest BCUT2D eigenvalue weighted by Crippen LogP contribution is -2.42. The Morgan fingerprint density at radius 1 is 1.05 bits per heavy atom. The van der Waals surface area contributed by atoms with E-state index in [-0.39, 0.29) is 12.1 Å². The Balaban J connectivity index is 1.34. The fourth-order valence-corrected chi connectivity index (χ4v) is 4.52. The fourth-order valence-electron chi connectivity index (χ4n) is 4.52. The second-order valence-corrected chi connectivity index (χ2v) is 10.3. The third-order valence-corrected chi connectivity index (χ3v) is 6.47. The molecule has 1 saturated heterocycles. The summed E-state index contributed by atoms with van der Waals surface area (Å²) in [5.74, 6) is 0.383. The van der Waals surface area contributed by atoms with Crippen molar-refractivity contribution >= 4 is 22.7 Å². The number of hydrogen-bond donors (Lipinski definition) is 1. The third-order valence-electron chi connectivity index (χ3n) is 6.47. The summed E-state index contributed by atoms with van der Waals surface area (Å²) in [5.41, 5.74) is 9.54. The zero-order valence-electron chi connectivity index (χ0n) is 21.2. The van der Waals surface area contributed by atoms with Gasteiger partial charge in [-0.2, -0.15) is 10.4 Å². The minimum absolute atomic E-state index is 0.199. The highest BCUT2D eigenvalue weighted by Gasteiger charge is 2.28. The monoisotopic (exact) mass is 495 g/mol. The van der Waals surface area contributed by atoms with Gasteiger partial charge in [-0.25, -0.2) is 9.78 Å². The fraction of sp³-hybridized carbons (Fsp3) is 0.321. The van der Waals surface area contributed by atoms with E-state index in [1.54, 1.807) is 23.4 Å². The number of fused-ring (bicyclic) bond motifs is 1. The van der Waals surface area contributed by atoms with Gasteiger partial charge in [0.2, 0.25) is 0 Å². The summed E-state index contributed by atoms with van der Waals surface area (Å²) in [4.78, 5) is 23.1. The largest absolute Gasteiger partial charge is 0.444 e. The summed E-state index contributed by atoms with van der Waals surface area (Å²) in [6.45, 7) is 6.88. The summed E-state index contributed by atoms with van der Waals surface area (Å²) in [6, 6.07) is 11.8. The Kier molecular flexibility index (Phi) is 6.25. The van der Waals surface area contributed by atoms with Crippen LogP contribution >= 0.6 is 0 Å². The Morgan fingerprint density at radius 2 is 1.84 bits per heavy atom. The third kappa shape index (κ3) is 5.23. The van der Waals surface area contributed by atoms with Gasteiger partial charge in [0.25, 0.3) is 0 Å². The number of piperidine rings is 1. The van der Waals surface area contributed by atoms with E-state index in [1.165, 1.54) is 0 Å². The van der Waals surface area contributed by atoms with Gasteiger partial charge < -0.3 is 15.4 Å². The normalized spacial score (nSPS) is 14.5. The number of likely N-dealkylation sites (tertiary alicyclic amines) is 1. The van der Waals surface area contributed by atoms with Gasteiger partial charge in [-0.05, 0) is 63.3 Å². The van der Waals surface area contributed by atoms with Crippen LogP contribution in [0.5, 0.6) is 0 Å². The number of anilines is 1. The SMILES string of the molecule is CC(C)(C)OC(=O)N1CCC(n2cc(-c3cnc(N)c(-c4cc5cc(C#N)ccc5cn4)c3)cn2)CC1. The standard InChI is InChI=1S/C28H29N7O2/c1-28(2,3)37-27(36)34-8-6-23(7-9-34)35-17-22(16-33-35)21-11-24(26(30)32-15-21)25-12-20-10-18(13-29)4-5-19(20)14-31-25/h4-5,10-12,14-17,23H,6-9H2,1-3H3,(H2,30,32). The van der Waals surface area contributed by atoms with E-state index in [0.29, 0.717) is 30.2 Å². The average molecular weight is 496 g/mol. The van der Waals surface area contributed by atoms with Crippen molar-refractivity contribution in [1.82, 2.24) is 24.6 Å². The number of carbonyl (C=O) groups excluding carboxylic acids is 1. The van der Waals surface area contributed by atoms with Crippen molar-refractivity contribution in [1.29, 1.82) is 5.26 Å². The molecule has 0 saturated carbocycles. The van der Waals surface area contributed by atoms with E-state index < -0.39 is 5.60 Å². The molecule has 4 heterocycles. The number of amides is 1. The molecular formula is C28H29N7O2. The molecular weight excluding hydrogens is 466 g/mol. The molecule has 188 valence electrons. The lowest BCUT2D eigenvalue weighted by atomic mass is 10.0. The maximum Gasteiger partial charge on any atom is 0.410 e. The molecule has 3 aromatic heterocycles. The number of hydrogen-bond acceptors (Lipinski definition) is 7. The van der Waals surface area contributed by atoms with Crippen LogP contribution in [0.3, 0.4) is 0 Å². The number of carbonyl (C=O) groups is 1. The van der Waals surface area contributed by atoms with Gasteiger partial charge in [0.1, 0.15) is 11.4 Å². The van der Waals surface area contributed by atoms with E-state index >= 15 is 0 Å². The maximum absolute atomic E-state index is 12.4. The van der Waals surface area contributed by atoms with Crippen LogP contribution < -0.4 is 5.73 Å². The van der Waals surface area contributed by atoms with E-state index in [4.69, 9.17) is 10.5 Å². The molecule has 1 aliphatic heterocycles. The van der Waals surface area contributed by atoms with Gasteiger partial charge in [0.05, 0.1) is 29.6 Å². The van der Waals surface area contributed by atoms with Crippen molar-refractivity contribution in [3.63, 3.8) is 0 Å². The first kappa shape index (κ1) is 24.3. The molecule has 0 bridgehead atoms. The molecule has 37 heavy (non-hydrogen) atoms. The molecule has 1 aromatic carbocycles. The maximum atomic E-state index is 12.4. The quantitative estimate of drug-likeness (QED) is 0.415. The van der Waals surface area contributed by atoms with Crippen LogP contribution in [-0.2, 0) is 4.74 Å². The Morgan fingerprint density at radius 3 is 2.57 bits per heavy atom. The molecule has 1 amide bonds. The van der Waals surface area contributed by atoms with Crippen molar-refractivity contribution in [3.8, 4) is 28.5 Å². The first-order chi connectivity index (χ1) is 17.7. The summed E-state index contributed by atoms with van der Waals surface area (Å²) < 4.78 is 7.47. The smallest absolute Gasteiger partial charge is 0.410 e. The minimum Gasteiger partial charge on any atom is -0.444 e. The number of nitriles is 1. The van der Waals surface area contributed by atoms with Crippen LogP contribution in [0.4, 0.5) is 10.6 Å². The molecule has 9 nitrogen and oxygen atoms in total. The summed E-state index contributed by atoms with van der Waals surface area (Å²) in [6.07, 6.45) is 8.69. The van der Waals surface area contributed by atoms with Crippen LogP contribution in [0.15, 0.2) is 55.1 Å². The van der Waals surface area contributed by atoms with Crippen molar-refractivity contribution in [3.05, 3.63) is 60.7 Å². The highest BCUT2D eigenvalue weighted by atomic mass is 16.6. The number of nitrogens with zero attached hydrogens (tertiary/aromatic N) is 6. The molecule has 0 unspecified atom stereocenters. The highest BCUT2D eigenvalue weighted by Crippen LogP contribution is 2.31. The van der Waals surface area contributed by atoms with Crippen LogP contribution in [0.25, 0.3) is 33.2 Å². The number of ether oxygens (including phenoxy) is 1. The minimum atomic E-state index is -0.501. The summed E-state index contributed by atoms with van der Waals surface area (Å²) >= 11 is 0. The van der Waals surface area contributed by atoms with Crippen molar-refractivity contribution in [2.75, 3.05) is 18.8 Å². The zero-order valence-corrected chi connectivity index (χ0v) is 21.2. The second kappa shape index (κ2) is 9.54. The number of rotatable bonds is 3. The molecule has 0 radical (unpaired) electrons. The van der Waals surface area contributed by atoms with Crippen LogP contribution in [-0.4, -0.2) is 49.4 Å². The number of pyridine rings is 2. The highest BCUT2D eigenvalue weighted by molar-refractivity contribution is 5.88. The first-order valence-corrected chi connectivity index (χ1v) is 12.3. The Labute approximate surface area is 215 Å². The molecule has 0 aliphatic carbocycles. The second-order valence-electron chi connectivity index (χ2n) is 10.3. The summed E-state index contributed by atoms with van der Waals surface area (Å²) in [5, 5.41) is 15.7. The predicted octanol–water partition coefficient (Wildman–Crippen LogP) is 5.19. The molecule has 0 atom stereocenters. The lowest BCUT2D eigenvalue weighted by Gasteiger charge is -2.33. The van der Waals surface area contributed by atoms with E-state index in [0.717, 1.165) is 40.3 Å². The van der Waals surface area contributed by atoms with Crippen molar-refractivity contribution in [2.24, 2.45) is 0 Å². The van der Waals surface area contributed by atoms with Gasteiger partial charge >= 0.3 is 6.09 Å². The van der Waals surface area contributed by atoms with E-state index in [9.17, 15) is 10.1 Å². The first-order valence-electron chi connectivity index (χ1n) is 12.3. The average Bonchev–Trinajstić information content (AvgIpc) is 3.38. The number of nitrogens with two attached hydrogens (primary N) is 1. The van der Waals surface area contributed by atoms with E-state index in [1.807, 2.05) is 62.1 Å². The van der Waals surface area contributed by atoms with Gasteiger partial charge in [-0.3, -0.25) is 9.67 Å². The van der Waals surface area contributed by atoms with Crippen molar-refractivity contribution in [2.45, 2.75) is 45.3 Å². The number of aromatic nitrogens is 4. The van der Waals surface area contributed by atoms with Gasteiger partial charge in [0, 0.05) is 53.8 Å². The molecule has 9 heteroatoms. The van der Waals surface area contributed by atoms with Crippen molar-refractivity contribution < 1.29 is 9.53 Å². The lowest BCUT2D eigenvalue weighted by molar-refractivity contribution is 0.0185. The van der Waals surface area contributed by atoms with Crippen LogP contribution in [0, 0.1) is 11.3 Å². The molecule has 2 N–H and O–H groups in total. The van der Waals surface area contributed by atoms with Crippen LogP contribution in [0.1, 0.15) is 45.2 Å². The topological polar surface area (TPSA) is 123 Å².